The van der Waals surface area contributed by atoms with Gasteiger partial charge in [0.05, 0.1) is 6.04 Å². The third kappa shape index (κ3) is 3.14. The summed E-state index contributed by atoms with van der Waals surface area (Å²) in [6.07, 6.45) is 0. The highest BCUT2D eigenvalue weighted by Crippen LogP contribution is 2.28. The van der Waals surface area contributed by atoms with E-state index in [-0.39, 0.29) is 6.04 Å². The van der Waals surface area contributed by atoms with Crippen LogP contribution in [0.15, 0.2) is 48.5 Å². The first kappa shape index (κ1) is 14.9. The van der Waals surface area contributed by atoms with Gasteiger partial charge in [-0.1, -0.05) is 41.9 Å². The fraction of sp³-hybridized carbons (Fsp3) is 0.294. The lowest BCUT2D eigenvalue weighted by Crippen LogP contribution is -2.33. The van der Waals surface area contributed by atoms with E-state index in [4.69, 9.17) is 17.3 Å². The summed E-state index contributed by atoms with van der Waals surface area (Å²) < 4.78 is 0. The zero-order chi connectivity index (χ0) is 14.5. The SMILES string of the molecule is CCN(c1ccccc1)C(CN)c1ccc(C)c(Cl)c1. The van der Waals surface area contributed by atoms with Gasteiger partial charge in [-0.25, -0.2) is 0 Å². The van der Waals surface area contributed by atoms with Crippen molar-refractivity contribution in [2.45, 2.75) is 19.9 Å². The Morgan fingerprint density at radius 2 is 1.85 bits per heavy atom. The molecule has 0 aromatic heterocycles. The van der Waals surface area contributed by atoms with E-state index in [1.54, 1.807) is 0 Å². The van der Waals surface area contributed by atoms with Gasteiger partial charge in [-0.15, -0.1) is 0 Å². The minimum Gasteiger partial charge on any atom is -0.363 e. The summed E-state index contributed by atoms with van der Waals surface area (Å²) in [5.41, 5.74) is 9.46. The smallest absolute Gasteiger partial charge is 0.0665 e. The molecular weight excluding hydrogens is 268 g/mol. The maximum atomic E-state index is 6.25. The molecule has 0 fully saturated rings. The van der Waals surface area contributed by atoms with Crippen LogP contribution < -0.4 is 10.6 Å². The van der Waals surface area contributed by atoms with Crippen LogP contribution in [0.1, 0.15) is 24.1 Å². The highest BCUT2D eigenvalue weighted by Gasteiger charge is 2.18. The number of aryl methyl sites for hydroxylation is 1. The Morgan fingerprint density at radius 3 is 2.40 bits per heavy atom. The van der Waals surface area contributed by atoms with E-state index >= 15 is 0 Å². The molecule has 0 bridgehead atoms. The standard InChI is InChI=1S/C17H21ClN2/c1-3-20(15-7-5-4-6-8-15)17(12-19)14-10-9-13(2)16(18)11-14/h4-11,17H,3,12,19H2,1-2H3. The molecule has 106 valence electrons. The summed E-state index contributed by atoms with van der Waals surface area (Å²) in [5, 5.41) is 0.796. The van der Waals surface area contributed by atoms with E-state index in [0.29, 0.717) is 6.54 Å². The first-order valence-electron chi connectivity index (χ1n) is 6.95. The third-order valence-corrected chi connectivity index (χ3v) is 4.02. The van der Waals surface area contributed by atoms with Gasteiger partial charge in [0.15, 0.2) is 0 Å². The summed E-state index contributed by atoms with van der Waals surface area (Å²) in [5.74, 6) is 0. The van der Waals surface area contributed by atoms with E-state index < -0.39 is 0 Å². The van der Waals surface area contributed by atoms with Crippen LogP contribution in [-0.4, -0.2) is 13.1 Å². The van der Waals surface area contributed by atoms with Gasteiger partial charge in [0, 0.05) is 23.8 Å². The molecule has 0 aliphatic rings. The molecule has 0 spiro atoms. The number of rotatable bonds is 5. The highest BCUT2D eigenvalue weighted by atomic mass is 35.5. The van der Waals surface area contributed by atoms with Gasteiger partial charge in [-0.3, -0.25) is 0 Å². The fourth-order valence-electron chi connectivity index (χ4n) is 2.46. The van der Waals surface area contributed by atoms with Gasteiger partial charge in [-0.2, -0.15) is 0 Å². The van der Waals surface area contributed by atoms with Crippen molar-refractivity contribution in [3.8, 4) is 0 Å². The second-order valence-electron chi connectivity index (χ2n) is 4.88. The summed E-state index contributed by atoms with van der Waals surface area (Å²) >= 11 is 6.25. The van der Waals surface area contributed by atoms with E-state index in [1.165, 1.54) is 5.69 Å². The van der Waals surface area contributed by atoms with Gasteiger partial charge < -0.3 is 10.6 Å². The lowest BCUT2D eigenvalue weighted by atomic mass is 10.0. The molecule has 1 atom stereocenters. The quantitative estimate of drug-likeness (QED) is 0.894. The number of para-hydroxylation sites is 1. The summed E-state index contributed by atoms with van der Waals surface area (Å²) in [7, 11) is 0. The molecule has 20 heavy (non-hydrogen) atoms. The predicted molar refractivity (Wildman–Crippen MR) is 87.4 cm³/mol. The van der Waals surface area contributed by atoms with Crippen molar-refractivity contribution in [3.05, 3.63) is 64.7 Å². The molecule has 2 aromatic carbocycles. The molecule has 2 nitrogen and oxygen atoms in total. The van der Waals surface area contributed by atoms with Crippen molar-refractivity contribution < 1.29 is 0 Å². The van der Waals surface area contributed by atoms with Crippen LogP contribution in [-0.2, 0) is 0 Å². The van der Waals surface area contributed by atoms with E-state index in [1.807, 2.05) is 31.2 Å². The molecule has 1 unspecified atom stereocenters. The number of likely N-dealkylation sites (N-methyl/N-ethyl adjacent to an activating group) is 1. The molecule has 0 saturated carbocycles. The lowest BCUT2D eigenvalue weighted by molar-refractivity contribution is 0.643. The molecule has 0 aliphatic heterocycles. The number of hydrogen-bond donors (Lipinski definition) is 1. The Hall–Kier alpha value is -1.51. The van der Waals surface area contributed by atoms with Crippen LogP contribution in [0.5, 0.6) is 0 Å². The molecule has 2 rings (SSSR count). The predicted octanol–water partition coefficient (Wildman–Crippen LogP) is 4.17. The number of hydrogen-bond acceptors (Lipinski definition) is 2. The Morgan fingerprint density at radius 1 is 1.15 bits per heavy atom. The van der Waals surface area contributed by atoms with E-state index in [0.717, 1.165) is 22.7 Å². The lowest BCUT2D eigenvalue weighted by Gasteiger charge is -2.32. The zero-order valence-electron chi connectivity index (χ0n) is 12.0. The first-order chi connectivity index (χ1) is 9.67. The van der Waals surface area contributed by atoms with Gasteiger partial charge in [-0.05, 0) is 43.2 Å². The fourth-order valence-corrected chi connectivity index (χ4v) is 2.65. The Bertz CT molecular complexity index is 554. The van der Waals surface area contributed by atoms with Gasteiger partial charge in [0.2, 0.25) is 0 Å². The number of halogens is 1. The van der Waals surface area contributed by atoms with Gasteiger partial charge in [0.1, 0.15) is 0 Å². The summed E-state index contributed by atoms with van der Waals surface area (Å²) in [6.45, 7) is 5.61. The number of nitrogens with two attached hydrogens (primary N) is 1. The molecule has 0 aliphatic carbocycles. The Balaban J connectivity index is 2.36. The number of benzene rings is 2. The maximum absolute atomic E-state index is 6.25. The first-order valence-corrected chi connectivity index (χ1v) is 7.33. The van der Waals surface area contributed by atoms with Crippen LogP contribution in [0.3, 0.4) is 0 Å². The average molecular weight is 289 g/mol. The van der Waals surface area contributed by atoms with Crippen LogP contribution in [0.25, 0.3) is 0 Å². The van der Waals surface area contributed by atoms with Crippen LogP contribution in [0.4, 0.5) is 5.69 Å². The molecule has 0 radical (unpaired) electrons. The third-order valence-electron chi connectivity index (χ3n) is 3.61. The molecule has 0 amide bonds. The average Bonchev–Trinajstić information content (AvgIpc) is 2.48. The second-order valence-corrected chi connectivity index (χ2v) is 5.29. The normalized spacial score (nSPS) is 12.2. The Kier molecular flexibility index (Phi) is 5.05. The molecule has 0 heterocycles. The van der Waals surface area contributed by atoms with Crippen molar-refractivity contribution in [2.75, 3.05) is 18.0 Å². The molecule has 3 heteroatoms. The molecule has 2 aromatic rings. The van der Waals surface area contributed by atoms with Crippen molar-refractivity contribution in [1.82, 2.24) is 0 Å². The van der Waals surface area contributed by atoms with Crippen molar-refractivity contribution in [3.63, 3.8) is 0 Å². The Labute approximate surface area is 126 Å². The largest absolute Gasteiger partial charge is 0.363 e. The summed E-state index contributed by atoms with van der Waals surface area (Å²) in [6, 6.07) is 16.7. The minimum atomic E-state index is 0.139. The van der Waals surface area contributed by atoms with Crippen molar-refractivity contribution in [2.24, 2.45) is 5.73 Å². The zero-order valence-corrected chi connectivity index (χ0v) is 12.8. The topological polar surface area (TPSA) is 29.3 Å². The monoisotopic (exact) mass is 288 g/mol. The van der Waals surface area contributed by atoms with Crippen LogP contribution >= 0.6 is 11.6 Å². The van der Waals surface area contributed by atoms with Crippen LogP contribution in [0.2, 0.25) is 5.02 Å². The van der Waals surface area contributed by atoms with Crippen molar-refractivity contribution >= 4 is 17.3 Å². The molecule has 2 N–H and O–H groups in total. The van der Waals surface area contributed by atoms with Crippen molar-refractivity contribution in [1.29, 1.82) is 0 Å². The molecule has 0 saturated heterocycles. The van der Waals surface area contributed by atoms with E-state index in [2.05, 4.69) is 36.1 Å². The maximum Gasteiger partial charge on any atom is 0.0665 e. The second kappa shape index (κ2) is 6.78. The van der Waals surface area contributed by atoms with Crippen LogP contribution in [0, 0.1) is 6.92 Å². The minimum absolute atomic E-state index is 0.139. The van der Waals surface area contributed by atoms with Gasteiger partial charge >= 0.3 is 0 Å². The number of nitrogens with zero attached hydrogens (tertiary/aromatic N) is 1. The molecular formula is C17H21ClN2. The summed E-state index contributed by atoms with van der Waals surface area (Å²) in [4.78, 5) is 2.31. The van der Waals surface area contributed by atoms with Gasteiger partial charge in [0.25, 0.3) is 0 Å². The van der Waals surface area contributed by atoms with E-state index in [9.17, 15) is 0 Å². The highest BCUT2D eigenvalue weighted by molar-refractivity contribution is 6.31. The number of anilines is 1.